The fraction of sp³-hybridized carbons (Fsp3) is 0.435. The summed E-state index contributed by atoms with van der Waals surface area (Å²) in [4.78, 5) is 21.0. The highest BCUT2D eigenvalue weighted by Gasteiger charge is 2.14. The molecule has 0 spiro atoms. The Labute approximate surface area is 170 Å². The van der Waals surface area contributed by atoms with Crippen LogP contribution in [0.2, 0.25) is 0 Å². The molecule has 1 N–H and O–H groups in total. The number of rotatable bonds is 8. The van der Waals surface area contributed by atoms with E-state index >= 15 is 0 Å². The molecule has 2 aromatic carbocycles. The van der Waals surface area contributed by atoms with Crippen LogP contribution in [0.25, 0.3) is 21.8 Å². The maximum absolute atomic E-state index is 12.9. The summed E-state index contributed by atoms with van der Waals surface area (Å²) in [7, 11) is 0. The van der Waals surface area contributed by atoms with Gasteiger partial charge < -0.3 is 14.5 Å². The fourth-order valence-corrected chi connectivity index (χ4v) is 3.92. The van der Waals surface area contributed by atoms with Crippen LogP contribution in [0.3, 0.4) is 0 Å². The third-order valence-electron chi connectivity index (χ3n) is 5.99. The van der Waals surface area contributed by atoms with Crippen LogP contribution in [-0.4, -0.2) is 67.3 Å². The molecule has 0 amide bonds. The van der Waals surface area contributed by atoms with Gasteiger partial charge in [-0.3, -0.25) is 14.6 Å². The maximum Gasteiger partial charge on any atom is 0.197 e. The van der Waals surface area contributed by atoms with Crippen LogP contribution in [0.4, 0.5) is 0 Å². The molecule has 6 heteroatoms. The largest absolute Gasteiger partial charge is 0.492 e. The van der Waals surface area contributed by atoms with E-state index in [1.54, 1.807) is 0 Å². The van der Waals surface area contributed by atoms with E-state index < -0.39 is 0 Å². The Hall–Kier alpha value is -2.57. The van der Waals surface area contributed by atoms with E-state index in [0.29, 0.717) is 24.0 Å². The van der Waals surface area contributed by atoms with Crippen molar-refractivity contribution in [1.82, 2.24) is 14.8 Å². The third-order valence-corrected chi connectivity index (χ3v) is 5.99. The number of aromatic nitrogens is 1. The summed E-state index contributed by atoms with van der Waals surface area (Å²) in [5.74, 6) is 1.57. The van der Waals surface area contributed by atoms with E-state index in [1.807, 2.05) is 36.4 Å². The zero-order valence-corrected chi connectivity index (χ0v) is 16.7. The van der Waals surface area contributed by atoms with E-state index in [4.69, 9.17) is 9.47 Å². The molecule has 29 heavy (non-hydrogen) atoms. The number of aromatic amines is 1. The molecule has 2 fully saturated rings. The minimum atomic E-state index is 0.0352. The van der Waals surface area contributed by atoms with Gasteiger partial charge >= 0.3 is 0 Å². The lowest BCUT2D eigenvalue weighted by Gasteiger charge is -2.30. The first-order chi connectivity index (χ1) is 14.3. The summed E-state index contributed by atoms with van der Waals surface area (Å²) in [5.41, 5.74) is 1.62. The number of pyridine rings is 1. The van der Waals surface area contributed by atoms with Crippen molar-refractivity contribution >= 4 is 21.8 Å². The molecule has 0 radical (unpaired) electrons. The Bertz CT molecular complexity index is 989. The van der Waals surface area contributed by atoms with Gasteiger partial charge in [0.2, 0.25) is 0 Å². The Kier molecular flexibility index (Phi) is 5.12. The molecule has 2 saturated heterocycles. The van der Waals surface area contributed by atoms with Crippen molar-refractivity contribution in [2.45, 2.75) is 12.8 Å². The summed E-state index contributed by atoms with van der Waals surface area (Å²) in [6.45, 7) is 7.91. The first kappa shape index (κ1) is 18.5. The maximum atomic E-state index is 12.9. The van der Waals surface area contributed by atoms with Crippen LogP contribution in [0, 0.1) is 0 Å². The van der Waals surface area contributed by atoms with Crippen molar-refractivity contribution < 1.29 is 9.47 Å². The molecule has 5 rings (SSSR count). The summed E-state index contributed by atoms with van der Waals surface area (Å²) >= 11 is 0. The van der Waals surface area contributed by atoms with Crippen molar-refractivity contribution in [3.05, 3.63) is 46.6 Å². The normalized spacial score (nSPS) is 17.2. The monoisotopic (exact) mass is 393 g/mol. The molecule has 6 nitrogen and oxygen atoms in total. The lowest BCUT2D eigenvalue weighted by molar-refractivity contribution is 0.147. The zero-order chi connectivity index (χ0) is 19.6. The van der Waals surface area contributed by atoms with Crippen molar-refractivity contribution in [2.75, 3.05) is 52.5 Å². The standard InChI is InChI=1S/C23H27N3O3/c27-23-19-5-3-17(28-13-11-25-7-1-8-25)15-21(19)24-22-16-18(4-6-20(22)23)29-14-12-26-9-2-10-26/h3-6,15-16H,1-2,7-14H2,(H,24,27). The van der Waals surface area contributed by atoms with Gasteiger partial charge in [0.25, 0.3) is 0 Å². The number of H-pyrrole nitrogens is 1. The first-order valence-electron chi connectivity index (χ1n) is 10.6. The predicted octanol–water partition coefficient (Wildman–Crippen LogP) is 2.85. The van der Waals surface area contributed by atoms with Crippen LogP contribution in [0.15, 0.2) is 41.2 Å². The molecule has 0 atom stereocenters. The molecular formula is C23H27N3O3. The highest BCUT2D eigenvalue weighted by molar-refractivity contribution is 5.93. The quantitative estimate of drug-likeness (QED) is 0.597. The average Bonchev–Trinajstić information content (AvgIpc) is 2.65. The summed E-state index contributed by atoms with van der Waals surface area (Å²) < 4.78 is 11.8. The molecule has 152 valence electrons. The third kappa shape index (κ3) is 3.95. The van der Waals surface area contributed by atoms with E-state index in [1.165, 1.54) is 39.0 Å². The molecular weight excluding hydrogens is 366 g/mol. The Morgan fingerprint density at radius 3 is 1.66 bits per heavy atom. The van der Waals surface area contributed by atoms with Crippen LogP contribution in [0.5, 0.6) is 11.5 Å². The summed E-state index contributed by atoms with van der Waals surface area (Å²) in [6, 6.07) is 11.3. The smallest absolute Gasteiger partial charge is 0.197 e. The van der Waals surface area contributed by atoms with Crippen LogP contribution >= 0.6 is 0 Å². The molecule has 0 unspecified atom stereocenters. The number of likely N-dealkylation sites (tertiary alicyclic amines) is 2. The average molecular weight is 393 g/mol. The summed E-state index contributed by atoms with van der Waals surface area (Å²) in [6.07, 6.45) is 2.57. The molecule has 1 aromatic heterocycles. The molecule has 0 aliphatic carbocycles. The topological polar surface area (TPSA) is 57.8 Å². The van der Waals surface area contributed by atoms with Gasteiger partial charge in [-0.1, -0.05) is 0 Å². The van der Waals surface area contributed by atoms with Gasteiger partial charge in [0.15, 0.2) is 5.43 Å². The van der Waals surface area contributed by atoms with Gasteiger partial charge in [-0.15, -0.1) is 0 Å². The van der Waals surface area contributed by atoms with E-state index in [2.05, 4.69) is 14.8 Å². The first-order valence-corrected chi connectivity index (χ1v) is 10.6. The van der Waals surface area contributed by atoms with Gasteiger partial charge in [-0.05, 0) is 63.3 Å². The Balaban J connectivity index is 1.34. The minimum absolute atomic E-state index is 0.0352. The molecule has 0 saturated carbocycles. The number of ether oxygens (including phenoxy) is 2. The Morgan fingerprint density at radius 1 is 0.759 bits per heavy atom. The molecule has 3 aromatic rings. The highest BCUT2D eigenvalue weighted by atomic mass is 16.5. The van der Waals surface area contributed by atoms with Gasteiger partial charge in [-0.25, -0.2) is 0 Å². The van der Waals surface area contributed by atoms with Crippen molar-refractivity contribution in [3.63, 3.8) is 0 Å². The number of fused-ring (bicyclic) bond motifs is 2. The highest BCUT2D eigenvalue weighted by Crippen LogP contribution is 2.23. The van der Waals surface area contributed by atoms with E-state index in [-0.39, 0.29) is 5.43 Å². The molecule has 3 heterocycles. The molecule has 2 aliphatic heterocycles. The zero-order valence-electron chi connectivity index (χ0n) is 16.7. The second-order valence-corrected chi connectivity index (χ2v) is 7.96. The SMILES string of the molecule is O=c1c2ccc(OCCN3CCC3)cc2[nH]c2cc(OCCN3CCC3)ccc12. The van der Waals surface area contributed by atoms with E-state index in [0.717, 1.165) is 35.6 Å². The Morgan fingerprint density at radius 2 is 1.24 bits per heavy atom. The number of benzene rings is 2. The minimum Gasteiger partial charge on any atom is -0.492 e. The fourth-order valence-electron chi connectivity index (χ4n) is 3.92. The lowest BCUT2D eigenvalue weighted by atomic mass is 10.1. The summed E-state index contributed by atoms with van der Waals surface area (Å²) in [5, 5.41) is 1.36. The van der Waals surface area contributed by atoms with Crippen molar-refractivity contribution in [3.8, 4) is 11.5 Å². The van der Waals surface area contributed by atoms with Gasteiger partial charge in [0.05, 0.1) is 11.0 Å². The second-order valence-electron chi connectivity index (χ2n) is 7.96. The van der Waals surface area contributed by atoms with Crippen molar-refractivity contribution in [2.24, 2.45) is 0 Å². The van der Waals surface area contributed by atoms with Gasteiger partial charge in [0.1, 0.15) is 24.7 Å². The number of nitrogens with one attached hydrogen (secondary N) is 1. The van der Waals surface area contributed by atoms with E-state index in [9.17, 15) is 4.79 Å². The number of hydrogen-bond donors (Lipinski definition) is 1. The van der Waals surface area contributed by atoms with Crippen LogP contribution in [-0.2, 0) is 0 Å². The van der Waals surface area contributed by atoms with Crippen LogP contribution < -0.4 is 14.9 Å². The van der Waals surface area contributed by atoms with Crippen molar-refractivity contribution in [1.29, 1.82) is 0 Å². The number of hydrogen-bond acceptors (Lipinski definition) is 5. The second kappa shape index (κ2) is 8.05. The molecule has 2 aliphatic rings. The van der Waals surface area contributed by atoms with Crippen LogP contribution in [0.1, 0.15) is 12.8 Å². The van der Waals surface area contributed by atoms with Gasteiger partial charge in [0, 0.05) is 36.0 Å². The molecule has 0 bridgehead atoms. The van der Waals surface area contributed by atoms with Gasteiger partial charge in [-0.2, -0.15) is 0 Å². The number of nitrogens with zero attached hydrogens (tertiary/aromatic N) is 2. The lowest BCUT2D eigenvalue weighted by Crippen LogP contribution is -2.39. The predicted molar refractivity (Wildman–Crippen MR) is 115 cm³/mol.